The molecule has 2 unspecified atom stereocenters. The maximum absolute atomic E-state index is 5.49. The van der Waals surface area contributed by atoms with Gasteiger partial charge in [0.2, 0.25) is 0 Å². The first-order valence-corrected chi connectivity index (χ1v) is 5.32. The van der Waals surface area contributed by atoms with Gasteiger partial charge in [-0.25, -0.2) is 4.98 Å². The van der Waals surface area contributed by atoms with E-state index in [0.29, 0.717) is 6.04 Å². The van der Waals surface area contributed by atoms with Crippen LogP contribution in [0.4, 0.5) is 11.6 Å². The van der Waals surface area contributed by atoms with Gasteiger partial charge in [-0.3, -0.25) is 0 Å². The van der Waals surface area contributed by atoms with Crippen molar-refractivity contribution in [3.05, 3.63) is 18.2 Å². The van der Waals surface area contributed by atoms with Gasteiger partial charge < -0.3 is 15.4 Å². The summed E-state index contributed by atoms with van der Waals surface area (Å²) < 4.78 is 5.49. The van der Waals surface area contributed by atoms with Crippen LogP contribution >= 0.6 is 0 Å². The number of ether oxygens (including phenoxy) is 1. The van der Waals surface area contributed by atoms with Gasteiger partial charge >= 0.3 is 0 Å². The molecule has 15 heavy (non-hydrogen) atoms. The summed E-state index contributed by atoms with van der Waals surface area (Å²) in [7, 11) is 1.87. The zero-order valence-electron chi connectivity index (χ0n) is 9.16. The van der Waals surface area contributed by atoms with Crippen molar-refractivity contribution in [3.8, 4) is 0 Å². The van der Waals surface area contributed by atoms with Crippen LogP contribution in [0, 0.1) is 0 Å². The lowest BCUT2D eigenvalue weighted by molar-refractivity contribution is 0.121. The number of hydrogen-bond donors (Lipinski definition) is 2. The smallest absolute Gasteiger partial charge is 0.128 e. The van der Waals surface area contributed by atoms with Gasteiger partial charge in [0.25, 0.3) is 0 Å². The monoisotopic (exact) mass is 207 g/mol. The highest BCUT2D eigenvalue weighted by atomic mass is 16.5. The third-order valence-electron chi connectivity index (χ3n) is 2.71. The summed E-state index contributed by atoms with van der Waals surface area (Å²) in [5.41, 5.74) is 0. The molecule has 0 amide bonds. The molecule has 1 saturated heterocycles. The second-order valence-electron chi connectivity index (χ2n) is 3.77. The average Bonchev–Trinajstić information content (AvgIpc) is 2.65. The predicted molar refractivity (Wildman–Crippen MR) is 61.2 cm³/mol. The highest BCUT2D eigenvalue weighted by molar-refractivity contribution is 5.45. The Morgan fingerprint density at radius 1 is 1.40 bits per heavy atom. The molecule has 0 bridgehead atoms. The number of nitrogens with one attached hydrogen (secondary N) is 2. The Morgan fingerprint density at radius 3 is 2.87 bits per heavy atom. The minimum Gasteiger partial charge on any atom is -0.376 e. The first kappa shape index (κ1) is 10.2. The Balaban J connectivity index is 2.03. The van der Waals surface area contributed by atoms with Crippen LogP contribution in [0.25, 0.3) is 0 Å². The molecule has 1 fully saturated rings. The molecule has 0 aliphatic carbocycles. The summed E-state index contributed by atoms with van der Waals surface area (Å²) in [5.74, 6) is 1.79. The Bertz CT molecular complexity index is 329. The molecule has 0 radical (unpaired) electrons. The van der Waals surface area contributed by atoms with Crippen LogP contribution in [0.5, 0.6) is 0 Å². The van der Waals surface area contributed by atoms with Gasteiger partial charge in [-0.05, 0) is 25.5 Å². The topological polar surface area (TPSA) is 46.2 Å². The van der Waals surface area contributed by atoms with Crippen LogP contribution in [0.15, 0.2) is 18.2 Å². The van der Waals surface area contributed by atoms with Crippen molar-refractivity contribution in [3.63, 3.8) is 0 Å². The normalized spacial score (nSPS) is 25.2. The first-order chi connectivity index (χ1) is 7.29. The lowest BCUT2D eigenvalue weighted by atomic mass is 10.1. The van der Waals surface area contributed by atoms with Crippen molar-refractivity contribution in [2.24, 2.45) is 0 Å². The van der Waals surface area contributed by atoms with Crippen molar-refractivity contribution in [1.82, 2.24) is 4.98 Å². The molecular formula is C11H17N3O. The molecular weight excluding hydrogens is 190 g/mol. The van der Waals surface area contributed by atoms with Crippen LogP contribution in [0.2, 0.25) is 0 Å². The molecule has 1 aromatic rings. The van der Waals surface area contributed by atoms with Crippen LogP contribution in [-0.2, 0) is 4.74 Å². The van der Waals surface area contributed by atoms with E-state index < -0.39 is 0 Å². The molecule has 0 spiro atoms. The van der Waals surface area contributed by atoms with Crippen molar-refractivity contribution in [2.45, 2.75) is 25.5 Å². The van der Waals surface area contributed by atoms with E-state index in [1.165, 1.54) is 0 Å². The van der Waals surface area contributed by atoms with E-state index in [-0.39, 0.29) is 6.10 Å². The maximum Gasteiger partial charge on any atom is 0.128 e. The van der Waals surface area contributed by atoms with E-state index in [9.17, 15) is 0 Å². The van der Waals surface area contributed by atoms with Crippen molar-refractivity contribution >= 4 is 11.6 Å². The number of pyridine rings is 1. The molecule has 1 aromatic heterocycles. The van der Waals surface area contributed by atoms with E-state index in [1.807, 2.05) is 25.2 Å². The van der Waals surface area contributed by atoms with Gasteiger partial charge in [-0.2, -0.15) is 0 Å². The molecule has 2 N–H and O–H groups in total. The molecule has 0 saturated carbocycles. The summed E-state index contributed by atoms with van der Waals surface area (Å²) in [6.45, 7) is 2.93. The fraction of sp³-hybridized carbons (Fsp3) is 0.545. The second kappa shape index (κ2) is 4.49. The molecule has 2 rings (SSSR count). The quantitative estimate of drug-likeness (QED) is 0.792. The summed E-state index contributed by atoms with van der Waals surface area (Å²) in [5, 5.41) is 6.41. The van der Waals surface area contributed by atoms with E-state index in [0.717, 1.165) is 24.7 Å². The highest BCUT2D eigenvalue weighted by Gasteiger charge is 2.23. The van der Waals surface area contributed by atoms with Gasteiger partial charge in [-0.15, -0.1) is 0 Å². The van der Waals surface area contributed by atoms with Crippen molar-refractivity contribution < 1.29 is 4.74 Å². The van der Waals surface area contributed by atoms with Gasteiger partial charge in [0, 0.05) is 13.7 Å². The molecule has 1 aliphatic heterocycles. The minimum atomic E-state index is 0.269. The molecule has 0 aromatic carbocycles. The minimum absolute atomic E-state index is 0.269. The summed E-state index contributed by atoms with van der Waals surface area (Å²) in [6.07, 6.45) is 1.32. The molecule has 2 heterocycles. The van der Waals surface area contributed by atoms with Crippen LogP contribution in [0.3, 0.4) is 0 Å². The zero-order chi connectivity index (χ0) is 10.7. The standard InChI is InChI=1S/C11H17N3O/c1-8-9(6-7-15-8)13-11-5-3-4-10(12-2)14-11/h3-5,8-9H,6-7H2,1-2H3,(H2,12,13,14). The fourth-order valence-corrected chi connectivity index (χ4v) is 1.77. The summed E-state index contributed by atoms with van der Waals surface area (Å²) in [6, 6.07) is 6.29. The third-order valence-corrected chi connectivity index (χ3v) is 2.71. The fourth-order valence-electron chi connectivity index (χ4n) is 1.77. The highest BCUT2D eigenvalue weighted by Crippen LogP contribution is 2.18. The number of anilines is 2. The van der Waals surface area contributed by atoms with Gasteiger partial charge in [0.15, 0.2) is 0 Å². The lowest BCUT2D eigenvalue weighted by Gasteiger charge is -2.16. The summed E-state index contributed by atoms with van der Waals surface area (Å²) in [4.78, 5) is 4.41. The van der Waals surface area contributed by atoms with E-state index in [1.54, 1.807) is 0 Å². The zero-order valence-corrected chi connectivity index (χ0v) is 9.16. The third kappa shape index (κ3) is 2.39. The van der Waals surface area contributed by atoms with Crippen LogP contribution in [-0.4, -0.2) is 30.8 Å². The van der Waals surface area contributed by atoms with E-state index in [2.05, 4.69) is 22.5 Å². The predicted octanol–water partition coefficient (Wildman–Crippen LogP) is 1.71. The van der Waals surface area contributed by atoms with E-state index in [4.69, 9.17) is 4.74 Å². The Morgan fingerprint density at radius 2 is 2.20 bits per heavy atom. The van der Waals surface area contributed by atoms with E-state index >= 15 is 0 Å². The largest absolute Gasteiger partial charge is 0.376 e. The van der Waals surface area contributed by atoms with Crippen molar-refractivity contribution in [2.75, 3.05) is 24.3 Å². The lowest BCUT2D eigenvalue weighted by Crippen LogP contribution is -2.27. The van der Waals surface area contributed by atoms with Crippen LogP contribution < -0.4 is 10.6 Å². The van der Waals surface area contributed by atoms with Crippen LogP contribution in [0.1, 0.15) is 13.3 Å². The first-order valence-electron chi connectivity index (χ1n) is 5.32. The Labute approximate surface area is 90.0 Å². The SMILES string of the molecule is CNc1cccc(NC2CCOC2C)n1. The Kier molecular flexibility index (Phi) is 3.06. The van der Waals surface area contributed by atoms with Gasteiger partial charge in [-0.1, -0.05) is 6.07 Å². The average molecular weight is 207 g/mol. The number of rotatable bonds is 3. The number of nitrogens with zero attached hydrogens (tertiary/aromatic N) is 1. The molecule has 82 valence electrons. The van der Waals surface area contributed by atoms with Gasteiger partial charge in [0.1, 0.15) is 11.6 Å². The summed E-state index contributed by atoms with van der Waals surface area (Å²) >= 11 is 0. The second-order valence-corrected chi connectivity index (χ2v) is 3.77. The Hall–Kier alpha value is -1.29. The molecule has 2 atom stereocenters. The van der Waals surface area contributed by atoms with Crippen molar-refractivity contribution in [1.29, 1.82) is 0 Å². The number of aromatic nitrogens is 1. The molecule has 4 heteroatoms. The maximum atomic E-state index is 5.49. The van der Waals surface area contributed by atoms with Gasteiger partial charge in [0.05, 0.1) is 12.1 Å². The number of hydrogen-bond acceptors (Lipinski definition) is 4. The molecule has 1 aliphatic rings. The molecule has 4 nitrogen and oxygen atoms in total.